The highest BCUT2D eigenvalue weighted by molar-refractivity contribution is 7.80. The van der Waals surface area contributed by atoms with Gasteiger partial charge in [0.1, 0.15) is 5.00 Å². The number of nitrogens with one attached hydrogen (secondary N) is 2. The van der Waals surface area contributed by atoms with Gasteiger partial charge in [0.15, 0.2) is 5.11 Å². The van der Waals surface area contributed by atoms with E-state index in [1.807, 2.05) is 6.92 Å². The molecule has 1 aromatic heterocycles. The van der Waals surface area contributed by atoms with Gasteiger partial charge >= 0.3 is 5.97 Å². The van der Waals surface area contributed by atoms with Crippen molar-refractivity contribution in [2.45, 2.75) is 39.7 Å². The van der Waals surface area contributed by atoms with Gasteiger partial charge in [-0.3, -0.25) is 0 Å². The van der Waals surface area contributed by atoms with E-state index >= 15 is 0 Å². The number of benzene rings is 1. The Labute approximate surface area is 158 Å². The summed E-state index contributed by atoms with van der Waals surface area (Å²) in [6, 6.07) is 10.4. The largest absolute Gasteiger partial charge is 0.465 e. The van der Waals surface area contributed by atoms with Gasteiger partial charge in [0.2, 0.25) is 0 Å². The van der Waals surface area contributed by atoms with E-state index in [9.17, 15) is 4.79 Å². The van der Waals surface area contributed by atoms with Crippen molar-refractivity contribution in [3.05, 3.63) is 51.9 Å². The molecule has 2 N–H and O–H groups in total. The Morgan fingerprint density at radius 1 is 1.16 bits per heavy atom. The summed E-state index contributed by atoms with van der Waals surface area (Å²) in [6.07, 6.45) is 0. The highest BCUT2D eigenvalue weighted by Gasteiger charge is 2.17. The van der Waals surface area contributed by atoms with Crippen molar-refractivity contribution in [2.24, 2.45) is 0 Å². The minimum absolute atomic E-state index is 0.0591. The fourth-order valence-electron chi connectivity index (χ4n) is 2.46. The first-order valence-electron chi connectivity index (χ1n) is 8.18. The van der Waals surface area contributed by atoms with Crippen LogP contribution in [0.2, 0.25) is 0 Å². The molecule has 1 atom stereocenters. The highest BCUT2D eigenvalue weighted by Crippen LogP contribution is 2.28. The van der Waals surface area contributed by atoms with E-state index in [0.717, 1.165) is 10.4 Å². The number of thiocarbonyl (C=S) groups is 1. The van der Waals surface area contributed by atoms with Crippen molar-refractivity contribution in [1.82, 2.24) is 5.32 Å². The number of thiophene rings is 1. The molecule has 2 aromatic rings. The molecule has 0 aliphatic rings. The maximum atomic E-state index is 11.8. The third kappa shape index (κ3) is 5.03. The van der Waals surface area contributed by atoms with E-state index in [1.165, 1.54) is 24.0 Å². The van der Waals surface area contributed by atoms with Crippen LogP contribution in [0.5, 0.6) is 0 Å². The van der Waals surface area contributed by atoms with Crippen molar-refractivity contribution < 1.29 is 9.53 Å². The number of rotatable bonds is 5. The number of hydrogen-bond donors (Lipinski definition) is 2. The molecule has 0 saturated heterocycles. The van der Waals surface area contributed by atoms with Crippen LogP contribution in [-0.2, 0) is 4.74 Å². The van der Waals surface area contributed by atoms with E-state index in [0.29, 0.717) is 21.6 Å². The SMILES string of the molecule is COC(=O)c1cc(C)sc1NC(=S)NC(C)c1ccc(C(C)C)cc1. The maximum absolute atomic E-state index is 11.8. The predicted octanol–water partition coefficient (Wildman–Crippen LogP) is 5.01. The molecule has 4 nitrogen and oxygen atoms in total. The summed E-state index contributed by atoms with van der Waals surface area (Å²) in [5.41, 5.74) is 2.97. The van der Waals surface area contributed by atoms with Gasteiger partial charge in [-0.2, -0.15) is 0 Å². The van der Waals surface area contributed by atoms with Crippen LogP contribution in [0.1, 0.15) is 59.1 Å². The van der Waals surface area contributed by atoms with Gasteiger partial charge < -0.3 is 15.4 Å². The molecule has 0 fully saturated rings. The second-order valence-corrected chi connectivity index (χ2v) is 7.90. The van der Waals surface area contributed by atoms with Crippen LogP contribution in [0.3, 0.4) is 0 Å². The van der Waals surface area contributed by atoms with E-state index in [1.54, 1.807) is 6.07 Å². The molecule has 0 saturated carbocycles. The molecular formula is C19H24N2O2S2. The zero-order valence-electron chi connectivity index (χ0n) is 15.2. The lowest BCUT2D eigenvalue weighted by molar-refractivity contribution is 0.0602. The summed E-state index contributed by atoms with van der Waals surface area (Å²) in [4.78, 5) is 12.9. The van der Waals surface area contributed by atoms with Crippen LogP contribution in [0.25, 0.3) is 0 Å². The Morgan fingerprint density at radius 3 is 2.32 bits per heavy atom. The molecule has 0 amide bonds. The molecule has 1 unspecified atom stereocenters. The maximum Gasteiger partial charge on any atom is 0.340 e. The lowest BCUT2D eigenvalue weighted by atomic mass is 10.00. The van der Waals surface area contributed by atoms with Gasteiger partial charge in [0.25, 0.3) is 0 Å². The van der Waals surface area contributed by atoms with Crippen LogP contribution in [0.15, 0.2) is 30.3 Å². The summed E-state index contributed by atoms with van der Waals surface area (Å²) < 4.78 is 4.82. The first-order chi connectivity index (χ1) is 11.8. The van der Waals surface area contributed by atoms with Gasteiger partial charge in [-0.1, -0.05) is 38.1 Å². The van der Waals surface area contributed by atoms with Crippen molar-refractivity contribution in [3.8, 4) is 0 Å². The van der Waals surface area contributed by atoms with Crippen molar-refractivity contribution in [2.75, 3.05) is 12.4 Å². The van der Waals surface area contributed by atoms with E-state index in [-0.39, 0.29) is 12.0 Å². The first kappa shape index (κ1) is 19.4. The summed E-state index contributed by atoms with van der Waals surface area (Å²) in [6.45, 7) is 8.35. The van der Waals surface area contributed by atoms with Gasteiger partial charge in [-0.05, 0) is 49.2 Å². The van der Waals surface area contributed by atoms with Gasteiger partial charge in [0.05, 0.1) is 18.7 Å². The highest BCUT2D eigenvalue weighted by atomic mass is 32.1. The fourth-order valence-corrected chi connectivity index (χ4v) is 3.70. The molecule has 134 valence electrons. The van der Waals surface area contributed by atoms with Gasteiger partial charge in [-0.25, -0.2) is 4.79 Å². The molecule has 0 aliphatic heterocycles. The Balaban J connectivity index is 2.03. The van der Waals surface area contributed by atoms with Crippen LogP contribution in [0, 0.1) is 6.92 Å². The number of anilines is 1. The average Bonchev–Trinajstić information content (AvgIpc) is 2.94. The normalized spacial score (nSPS) is 11.9. The summed E-state index contributed by atoms with van der Waals surface area (Å²) in [5.74, 6) is 0.144. The lowest BCUT2D eigenvalue weighted by Crippen LogP contribution is -2.31. The molecule has 0 radical (unpaired) electrons. The molecule has 2 rings (SSSR count). The third-order valence-electron chi connectivity index (χ3n) is 3.94. The standard InChI is InChI=1S/C19H24N2O2S2/c1-11(2)14-6-8-15(9-7-14)13(4)20-19(24)21-17-16(18(22)23-5)10-12(3)25-17/h6-11,13H,1-5H3,(H2,20,21,24). The number of aryl methyl sites for hydroxylation is 1. The van der Waals surface area contributed by atoms with Crippen molar-refractivity contribution in [1.29, 1.82) is 0 Å². The number of ether oxygens (including phenoxy) is 1. The number of carbonyl (C=O) groups excluding carboxylic acids is 1. The monoisotopic (exact) mass is 376 g/mol. The van der Waals surface area contributed by atoms with Crippen LogP contribution in [-0.4, -0.2) is 18.2 Å². The van der Waals surface area contributed by atoms with E-state index in [2.05, 4.69) is 55.7 Å². The molecular weight excluding hydrogens is 352 g/mol. The zero-order valence-corrected chi connectivity index (χ0v) is 16.8. The molecule has 1 heterocycles. The van der Waals surface area contributed by atoms with Crippen LogP contribution in [0.4, 0.5) is 5.00 Å². The fraction of sp³-hybridized carbons (Fsp3) is 0.368. The van der Waals surface area contributed by atoms with Crippen LogP contribution < -0.4 is 10.6 Å². The Kier molecular flexibility index (Phi) is 6.56. The third-order valence-corrected chi connectivity index (χ3v) is 5.12. The molecule has 1 aromatic carbocycles. The van der Waals surface area contributed by atoms with E-state index in [4.69, 9.17) is 17.0 Å². The molecule has 0 aliphatic carbocycles. The van der Waals surface area contributed by atoms with Gasteiger partial charge in [-0.15, -0.1) is 11.3 Å². The average molecular weight is 377 g/mol. The Bertz CT molecular complexity index is 751. The number of carbonyl (C=O) groups is 1. The minimum atomic E-state index is -0.369. The Hall–Kier alpha value is -1.92. The van der Waals surface area contributed by atoms with Crippen LogP contribution >= 0.6 is 23.6 Å². The number of hydrogen-bond acceptors (Lipinski definition) is 4. The molecule has 0 spiro atoms. The smallest absolute Gasteiger partial charge is 0.340 e. The van der Waals surface area contributed by atoms with Crippen molar-refractivity contribution >= 4 is 39.6 Å². The topological polar surface area (TPSA) is 50.4 Å². The molecule has 0 bridgehead atoms. The zero-order chi connectivity index (χ0) is 18.6. The first-order valence-corrected chi connectivity index (χ1v) is 9.40. The molecule has 6 heteroatoms. The second kappa shape index (κ2) is 8.45. The predicted molar refractivity (Wildman–Crippen MR) is 109 cm³/mol. The molecule has 25 heavy (non-hydrogen) atoms. The quantitative estimate of drug-likeness (QED) is 0.567. The van der Waals surface area contributed by atoms with Crippen molar-refractivity contribution in [3.63, 3.8) is 0 Å². The van der Waals surface area contributed by atoms with E-state index < -0.39 is 0 Å². The Morgan fingerprint density at radius 2 is 1.76 bits per heavy atom. The summed E-state index contributed by atoms with van der Waals surface area (Å²) in [5, 5.41) is 7.55. The summed E-state index contributed by atoms with van der Waals surface area (Å²) >= 11 is 6.88. The number of methoxy groups -OCH3 is 1. The minimum Gasteiger partial charge on any atom is -0.465 e. The second-order valence-electron chi connectivity index (χ2n) is 6.23. The lowest BCUT2D eigenvalue weighted by Gasteiger charge is -2.18. The van der Waals surface area contributed by atoms with Gasteiger partial charge in [0, 0.05) is 4.88 Å². The summed E-state index contributed by atoms with van der Waals surface area (Å²) in [7, 11) is 1.37. The number of esters is 1.